The number of ether oxygens (including phenoxy) is 2. The summed E-state index contributed by atoms with van der Waals surface area (Å²) in [4.78, 5) is 60.9. The maximum absolute atomic E-state index is 15.3. The molecule has 0 radical (unpaired) electrons. The lowest BCUT2D eigenvalue weighted by atomic mass is 9.70. The van der Waals surface area contributed by atoms with E-state index < -0.39 is 66.3 Å². The molecule has 10 heteroatoms. The van der Waals surface area contributed by atoms with Crippen molar-refractivity contribution in [3.8, 4) is 0 Å². The van der Waals surface area contributed by atoms with Gasteiger partial charge in [0.1, 0.15) is 17.7 Å². The van der Waals surface area contributed by atoms with Gasteiger partial charge < -0.3 is 29.7 Å². The number of nitrogens with zero attached hydrogens (tertiary/aromatic N) is 2. The van der Waals surface area contributed by atoms with E-state index in [1.165, 1.54) is 4.90 Å². The monoisotopic (exact) mass is 755 g/mol. The highest BCUT2D eigenvalue weighted by atomic mass is 16.6. The zero-order chi connectivity index (χ0) is 39.4. The van der Waals surface area contributed by atoms with Crippen molar-refractivity contribution in [3.63, 3.8) is 0 Å². The first-order valence-electron chi connectivity index (χ1n) is 19.4. The predicted molar refractivity (Wildman–Crippen MR) is 214 cm³/mol. The van der Waals surface area contributed by atoms with Crippen molar-refractivity contribution in [1.29, 1.82) is 0 Å². The molecular weight excluding hydrogens is 707 g/mol. The van der Waals surface area contributed by atoms with Crippen molar-refractivity contribution >= 4 is 40.2 Å². The Morgan fingerprint density at radius 1 is 0.982 bits per heavy atom. The zero-order valence-corrected chi connectivity index (χ0v) is 31.7. The first-order chi connectivity index (χ1) is 27.2. The molecule has 4 aromatic carbocycles. The second kappa shape index (κ2) is 16.6. The zero-order valence-electron chi connectivity index (χ0n) is 31.7. The number of aliphatic hydroxyl groups is 1. The van der Waals surface area contributed by atoms with Gasteiger partial charge in [-0.05, 0) is 66.6 Å². The molecule has 8 atom stereocenters. The Labute approximate surface area is 327 Å². The van der Waals surface area contributed by atoms with E-state index in [9.17, 15) is 14.7 Å². The lowest BCUT2D eigenvalue weighted by molar-refractivity contribution is -0.162. The molecule has 3 saturated heterocycles. The highest BCUT2D eigenvalue weighted by Gasteiger charge is 2.75. The van der Waals surface area contributed by atoms with Crippen molar-refractivity contribution < 1.29 is 33.8 Å². The fourth-order valence-electron chi connectivity index (χ4n) is 9.05. The highest BCUT2D eigenvalue weighted by molar-refractivity contribution is 6.05. The Hall–Kier alpha value is -5.58. The van der Waals surface area contributed by atoms with Crippen LogP contribution in [0.5, 0.6) is 0 Å². The fourth-order valence-corrected chi connectivity index (χ4v) is 9.05. The Morgan fingerprint density at radius 2 is 1.68 bits per heavy atom. The molecule has 290 valence electrons. The number of hydrogen-bond acceptors (Lipinski definition) is 7. The molecule has 3 aliphatic rings. The maximum atomic E-state index is 15.3. The number of fused-ring (bicyclic) bond motifs is 2. The van der Waals surface area contributed by atoms with Crippen molar-refractivity contribution in [3.05, 3.63) is 140 Å². The summed E-state index contributed by atoms with van der Waals surface area (Å²) in [5.41, 5.74) is 0.842. The average Bonchev–Trinajstić information content (AvgIpc) is 3.87. The van der Waals surface area contributed by atoms with Gasteiger partial charge in [-0.2, -0.15) is 0 Å². The summed E-state index contributed by atoms with van der Waals surface area (Å²) in [5, 5.41) is 15.9. The molecule has 4 aromatic rings. The lowest BCUT2D eigenvalue weighted by Crippen LogP contribution is -2.59. The molecule has 3 amide bonds. The van der Waals surface area contributed by atoms with Gasteiger partial charge in [-0.3, -0.25) is 19.2 Å². The average molecular weight is 756 g/mol. The number of hydrogen-bond donors (Lipinski definition) is 2. The van der Waals surface area contributed by atoms with Gasteiger partial charge in [0.25, 0.3) is 5.91 Å². The summed E-state index contributed by atoms with van der Waals surface area (Å²) in [7, 11) is 0. The van der Waals surface area contributed by atoms with E-state index >= 15 is 9.59 Å². The van der Waals surface area contributed by atoms with Gasteiger partial charge in [-0.25, -0.2) is 0 Å². The smallest absolute Gasteiger partial charge is 0.313 e. The van der Waals surface area contributed by atoms with E-state index in [-0.39, 0.29) is 31.2 Å². The number of esters is 1. The molecule has 3 fully saturated rings. The Balaban J connectivity index is 1.26. The van der Waals surface area contributed by atoms with Crippen molar-refractivity contribution in [2.75, 3.05) is 18.1 Å². The quantitative estimate of drug-likeness (QED) is 0.105. The molecule has 56 heavy (non-hydrogen) atoms. The van der Waals surface area contributed by atoms with Crippen LogP contribution in [0.25, 0.3) is 10.8 Å². The third-order valence-corrected chi connectivity index (χ3v) is 11.6. The molecular formula is C46H49N3O7. The van der Waals surface area contributed by atoms with E-state index in [0.29, 0.717) is 30.5 Å². The van der Waals surface area contributed by atoms with E-state index in [2.05, 4.69) is 18.5 Å². The Morgan fingerprint density at radius 3 is 2.38 bits per heavy atom. The highest BCUT2D eigenvalue weighted by Crippen LogP contribution is 2.59. The van der Waals surface area contributed by atoms with E-state index in [1.807, 2.05) is 103 Å². The van der Waals surface area contributed by atoms with Crippen LogP contribution in [-0.2, 0) is 35.1 Å². The summed E-state index contributed by atoms with van der Waals surface area (Å²) in [5.74, 6) is -3.70. The SMILES string of the molecule is C=CCCC(=O)N[C@@H](C)[C@H](OC(=O)[C@@H]1[C@@H]2CC[C@]3(O2)[C@H](C(=O)N(CC=C)c2ccc4ccccc4c2)N([C@@H](CO)Cc2ccccc2)C(=O)[C@@H]13)c1ccccc1. The van der Waals surface area contributed by atoms with Crippen molar-refractivity contribution in [1.82, 2.24) is 10.2 Å². The molecule has 2 N–H and O–H groups in total. The van der Waals surface area contributed by atoms with Crippen LogP contribution in [0.4, 0.5) is 5.69 Å². The standard InChI is InChI=1S/C46H49N3O7/c1-4-6-21-38(51)47-30(3)41(33-18-11-8-12-19-33)55-45(54)39-37-24-25-46(56-37)40(39)43(52)49(36(29-50)27-31-15-9-7-10-16-31)42(46)44(53)48(26-5-2)35-23-22-32-17-13-14-20-34(32)28-35/h4-5,7-20,22-23,28,30,36-37,39-42,50H,1-2,6,21,24-27,29H2,3H3,(H,47,51)/t30-,36+,37-,39+,40+,41-,42-,46+/m0/s1. The number of nitrogens with one attached hydrogen (secondary N) is 1. The summed E-state index contributed by atoms with van der Waals surface area (Å²) in [6.45, 7) is 9.17. The van der Waals surface area contributed by atoms with Crippen LogP contribution in [0, 0.1) is 11.8 Å². The third-order valence-electron chi connectivity index (χ3n) is 11.6. The Bertz CT molecular complexity index is 2090. The van der Waals surface area contributed by atoms with Gasteiger partial charge in [-0.15, -0.1) is 13.2 Å². The van der Waals surface area contributed by atoms with Crippen molar-refractivity contribution in [2.24, 2.45) is 11.8 Å². The van der Waals surface area contributed by atoms with Gasteiger partial charge in [0, 0.05) is 18.7 Å². The molecule has 0 aliphatic carbocycles. The molecule has 0 aromatic heterocycles. The van der Waals surface area contributed by atoms with Crippen LogP contribution < -0.4 is 10.2 Å². The van der Waals surface area contributed by atoms with Gasteiger partial charge in [0.2, 0.25) is 11.8 Å². The largest absolute Gasteiger partial charge is 0.455 e. The van der Waals surface area contributed by atoms with Gasteiger partial charge >= 0.3 is 5.97 Å². The molecule has 10 nitrogen and oxygen atoms in total. The molecule has 3 aliphatic heterocycles. The number of carbonyl (C=O) groups is 4. The third kappa shape index (κ3) is 7.27. The maximum Gasteiger partial charge on any atom is 0.313 e. The number of likely N-dealkylation sites (tertiary alicyclic amines) is 1. The minimum atomic E-state index is -1.35. The first-order valence-corrected chi connectivity index (χ1v) is 19.4. The predicted octanol–water partition coefficient (Wildman–Crippen LogP) is 6.09. The number of amides is 3. The summed E-state index contributed by atoms with van der Waals surface area (Å²) >= 11 is 0. The van der Waals surface area contributed by atoms with Crippen LogP contribution in [-0.4, -0.2) is 76.7 Å². The molecule has 0 unspecified atom stereocenters. The van der Waals surface area contributed by atoms with Gasteiger partial charge in [0.15, 0.2) is 0 Å². The molecule has 7 rings (SSSR count). The molecule has 2 bridgehead atoms. The van der Waals surface area contributed by atoms with Crippen LogP contribution in [0.2, 0.25) is 0 Å². The molecule has 1 spiro atoms. The minimum Gasteiger partial charge on any atom is -0.455 e. The van der Waals surface area contributed by atoms with Crippen LogP contribution >= 0.6 is 0 Å². The van der Waals surface area contributed by atoms with Crippen molar-refractivity contribution in [2.45, 2.75) is 75.0 Å². The second-order valence-corrected chi connectivity index (χ2v) is 15.0. The van der Waals surface area contributed by atoms with Crippen LogP contribution in [0.3, 0.4) is 0 Å². The number of rotatable bonds is 16. The summed E-state index contributed by atoms with van der Waals surface area (Å²) in [6, 6.07) is 29.8. The number of aliphatic hydroxyl groups excluding tert-OH is 1. The summed E-state index contributed by atoms with van der Waals surface area (Å²) < 4.78 is 13.1. The number of anilines is 1. The molecule has 3 heterocycles. The number of benzene rings is 4. The number of carbonyl (C=O) groups excluding carboxylic acids is 4. The van der Waals surface area contributed by atoms with E-state index in [1.54, 1.807) is 24.0 Å². The molecule has 0 saturated carbocycles. The lowest BCUT2D eigenvalue weighted by Gasteiger charge is -2.39. The minimum absolute atomic E-state index is 0.156. The topological polar surface area (TPSA) is 125 Å². The van der Waals surface area contributed by atoms with Gasteiger partial charge in [0.05, 0.1) is 36.6 Å². The van der Waals surface area contributed by atoms with E-state index in [4.69, 9.17) is 9.47 Å². The number of allylic oxidation sites excluding steroid dienone is 1. The van der Waals surface area contributed by atoms with Crippen LogP contribution in [0.1, 0.15) is 49.8 Å². The van der Waals surface area contributed by atoms with Gasteiger partial charge in [-0.1, -0.05) is 103 Å². The fraction of sp³-hybridized carbons (Fsp3) is 0.348. The van der Waals surface area contributed by atoms with E-state index in [0.717, 1.165) is 16.3 Å². The summed E-state index contributed by atoms with van der Waals surface area (Å²) in [6.07, 6.45) is 3.61. The van der Waals surface area contributed by atoms with Crippen LogP contribution in [0.15, 0.2) is 128 Å². The second-order valence-electron chi connectivity index (χ2n) is 15.0. The Kier molecular flexibility index (Phi) is 11.5. The normalized spacial score (nSPS) is 23.9. The first kappa shape index (κ1) is 38.7.